The normalized spacial score (nSPS) is 15.1. The molecule has 0 saturated carbocycles. The van der Waals surface area contributed by atoms with E-state index in [0.717, 1.165) is 0 Å². The van der Waals surface area contributed by atoms with Gasteiger partial charge >= 0.3 is 17.9 Å². The summed E-state index contributed by atoms with van der Waals surface area (Å²) in [5.74, 6) is -9.36. The first-order valence-corrected chi connectivity index (χ1v) is 9.80. The summed E-state index contributed by atoms with van der Waals surface area (Å²) in [6.07, 6.45) is -2.20. The molecule has 4 amide bonds. The minimum atomic E-state index is -1.88. The van der Waals surface area contributed by atoms with Crippen LogP contribution in [0.4, 0.5) is 0 Å². The molecule has 0 aromatic carbocycles. The molecule has 0 rings (SSSR count). The van der Waals surface area contributed by atoms with E-state index in [1.165, 1.54) is 0 Å². The van der Waals surface area contributed by atoms with Crippen molar-refractivity contribution in [2.45, 2.75) is 63.7 Å². The Morgan fingerprint density at radius 2 is 1.12 bits per heavy atom. The maximum atomic E-state index is 12.6. The lowest BCUT2D eigenvalue weighted by atomic mass is 9.99. The van der Waals surface area contributed by atoms with E-state index in [1.54, 1.807) is 13.8 Å². The fourth-order valence-electron chi connectivity index (χ4n) is 2.49. The van der Waals surface area contributed by atoms with Gasteiger partial charge in [-0.2, -0.15) is 0 Å². The Bertz CT molecular complexity index is 787. The van der Waals surface area contributed by atoms with Crippen molar-refractivity contribution in [3.63, 3.8) is 0 Å². The Morgan fingerprint density at radius 3 is 1.52 bits per heavy atom. The van der Waals surface area contributed by atoms with Crippen molar-refractivity contribution in [3.8, 4) is 0 Å². The van der Waals surface area contributed by atoms with Gasteiger partial charge in [0.25, 0.3) is 0 Å². The molecule has 15 heteroatoms. The number of carboxylic acids is 3. The summed E-state index contributed by atoms with van der Waals surface area (Å²) in [5, 5.41) is 32.9. The van der Waals surface area contributed by atoms with Gasteiger partial charge in [-0.3, -0.25) is 28.8 Å². The number of carbonyl (C=O) groups excluding carboxylic acids is 4. The molecule has 0 bridgehead atoms. The van der Waals surface area contributed by atoms with Gasteiger partial charge in [0.05, 0.1) is 25.3 Å². The molecule has 0 radical (unpaired) electrons. The highest BCUT2D eigenvalue weighted by atomic mass is 16.4. The molecule has 5 unspecified atom stereocenters. The second-order valence-corrected chi connectivity index (χ2v) is 7.30. The van der Waals surface area contributed by atoms with Crippen molar-refractivity contribution < 1.29 is 48.9 Å². The van der Waals surface area contributed by atoms with Gasteiger partial charge in [0.1, 0.15) is 18.1 Å². The smallest absolute Gasteiger partial charge is 0.326 e. The van der Waals surface area contributed by atoms with Crippen LogP contribution < -0.4 is 27.4 Å². The molecular formula is C18H29N5O10. The summed E-state index contributed by atoms with van der Waals surface area (Å²) in [5.41, 5.74) is 10.8. The summed E-state index contributed by atoms with van der Waals surface area (Å²) < 4.78 is 0. The average molecular weight is 475 g/mol. The number of hydrogen-bond donors (Lipinski definition) is 8. The number of carbonyl (C=O) groups is 7. The number of hydrogen-bond acceptors (Lipinski definition) is 8. The molecular weight excluding hydrogens is 446 g/mol. The molecule has 0 aliphatic rings. The number of amides is 4. The third kappa shape index (κ3) is 10.9. The minimum absolute atomic E-state index is 0.297. The van der Waals surface area contributed by atoms with Crippen LogP contribution in [0.1, 0.15) is 39.5 Å². The second kappa shape index (κ2) is 13.6. The van der Waals surface area contributed by atoms with Crippen LogP contribution in [0.3, 0.4) is 0 Å². The van der Waals surface area contributed by atoms with E-state index in [1.807, 2.05) is 10.6 Å². The van der Waals surface area contributed by atoms with Crippen molar-refractivity contribution in [3.05, 3.63) is 0 Å². The van der Waals surface area contributed by atoms with Crippen LogP contribution in [0.2, 0.25) is 0 Å². The van der Waals surface area contributed by atoms with Gasteiger partial charge < -0.3 is 42.7 Å². The molecule has 5 atom stereocenters. The summed E-state index contributed by atoms with van der Waals surface area (Å²) in [7, 11) is 0. The van der Waals surface area contributed by atoms with E-state index >= 15 is 0 Å². The van der Waals surface area contributed by atoms with Crippen LogP contribution in [0.15, 0.2) is 0 Å². The molecule has 0 heterocycles. The maximum absolute atomic E-state index is 12.6. The van der Waals surface area contributed by atoms with Gasteiger partial charge in [-0.1, -0.05) is 20.3 Å². The molecule has 0 aliphatic carbocycles. The predicted molar refractivity (Wildman–Crippen MR) is 109 cm³/mol. The van der Waals surface area contributed by atoms with Crippen molar-refractivity contribution in [1.82, 2.24) is 16.0 Å². The average Bonchev–Trinajstić information content (AvgIpc) is 2.69. The van der Waals surface area contributed by atoms with Crippen molar-refractivity contribution in [2.24, 2.45) is 17.4 Å². The number of primary amides is 1. The van der Waals surface area contributed by atoms with Crippen LogP contribution in [0.5, 0.6) is 0 Å². The fourth-order valence-corrected chi connectivity index (χ4v) is 2.49. The zero-order valence-corrected chi connectivity index (χ0v) is 18.1. The van der Waals surface area contributed by atoms with E-state index in [4.69, 9.17) is 26.8 Å². The van der Waals surface area contributed by atoms with Crippen molar-refractivity contribution in [2.75, 3.05) is 0 Å². The Labute approximate surface area is 188 Å². The quantitative estimate of drug-likeness (QED) is 0.116. The number of carboxylic acid groups (broad SMARTS) is 3. The van der Waals surface area contributed by atoms with Gasteiger partial charge in [0, 0.05) is 0 Å². The number of nitrogens with one attached hydrogen (secondary N) is 3. The number of rotatable bonds is 15. The maximum Gasteiger partial charge on any atom is 0.326 e. The number of aliphatic carboxylic acids is 3. The van der Waals surface area contributed by atoms with E-state index in [9.17, 15) is 33.6 Å². The molecule has 0 spiro atoms. The first-order chi connectivity index (χ1) is 15.2. The van der Waals surface area contributed by atoms with E-state index in [0.29, 0.717) is 6.42 Å². The molecule has 0 saturated heterocycles. The van der Waals surface area contributed by atoms with Gasteiger partial charge in [0.2, 0.25) is 23.6 Å². The fraction of sp³-hybridized carbons (Fsp3) is 0.611. The van der Waals surface area contributed by atoms with E-state index < -0.39 is 85.0 Å². The largest absolute Gasteiger partial charge is 0.481 e. The third-order valence-corrected chi connectivity index (χ3v) is 4.60. The van der Waals surface area contributed by atoms with Crippen LogP contribution in [-0.4, -0.2) is 81.0 Å². The Balaban J connectivity index is 5.60. The van der Waals surface area contributed by atoms with Gasteiger partial charge in [-0.25, -0.2) is 4.79 Å². The standard InChI is InChI=1S/C18H29N5O10/c1-3-7(2)14(20)17(31)22-9(5-12(25)26)16(30)21-8(4-11(19)24)15(29)23-10(18(32)33)6-13(27)28/h7-10,14H,3-6,20H2,1-2H3,(H2,19,24)(H,21,30)(H,22,31)(H,23,29)(H,25,26)(H,27,28)(H,32,33). The van der Waals surface area contributed by atoms with E-state index in [2.05, 4.69) is 5.32 Å². The Kier molecular flexibility index (Phi) is 12.1. The van der Waals surface area contributed by atoms with Crippen LogP contribution in [0.25, 0.3) is 0 Å². The highest BCUT2D eigenvalue weighted by molar-refractivity contribution is 5.97. The zero-order chi connectivity index (χ0) is 25.9. The molecule has 33 heavy (non-hydrogen) atoms. The SMILES string of the molecule is CCC(C)C(N)C(=O)NC(CC(=O)O)C(=O)NC(CC(N)=O)C(=O)NC(CC(=O)O)C(=O)O. The lowest BCUT2D eigenvalue weighted by molar-refractivity contribution is -0.147. The summed E-state index contributed by atoms with van der Waals surface area (Å²) >= 11 is 0. The molecule has 10 N–H and O–H groups in total. The summed E-state index contributed by atoms with van der Waals surface area (Å²) in [6.45, 7) is 3.43. The molecule has 0 fully saturated rings. The lowest BCUT2D eigenvalue weighted by Crippen LogP contribution is -2.58. The van der Waals surface area contributed by atoms with Crippen molar-refractivity contribution in [1.29, 1.82) is 0 Å². The highest BCUT2D eigenvalue weighted by Gasteiger charge is 2.33. The third-order valence-electron chi connectivity index (χ3n) is 4.60. The van der Waals surface area contributed by atoms with Gasteiger partial charge in [-0.05, 0) is 5.92 Å². The van der Waals surface area contributed by atoms with Crippen LogP contribution >= 0.6 is 0 Å². The number of nitrogens with two attached hydrogens (primary N) is 2. The Morgan fingerprint density at radius 1 is 0.727 bits per heavy atom. The summed E-state index contributed by atoms with van der Waals surface area (Å²) in [6, 6.07) is -6.41. The molecule has 186 valence electrons. The highest BCUT2D eigenvalue weighted by Crippen LogP contribution is 2.07. The first kappa shape index (κ1) is 29.2. The molecule has 0 aliphatic heterocycles. The predicted octanol–water partition coefficient (Wildman–Crippen LogP) is -3.28. The van der Waals surface area contributed by atoms with Crippen molar-refractivity contribution >= 4 is 41.5 Å². The summed E-state index contributed by atoms with van der Waals surface area (Å²) in [4.78, 5) is 81.7. The van der Waals surface area contributed by atoms with Gasteiger partial charge in [0.15, 0.2) is 0 Å². The van der Waals surface area contributed by atoms with Crippen LogP contribution in [-0.2, 0) is 33.6 Å². The second-order valence-electron chi connectivity index (χ2n) is 7.30. The molecule has 15 nitrogen and oxygen atoms in total. The zero-order valence-electron chi connectivity index (χ0n) is 18.1. The van der Waals surface area contributed by atoms with E-state index in [-0.39, 0.29) is 5.92 Å². The molecule has 0 aromatic heterocycles. The van der Waals surface area contributed by atoms with Crippen LogP contribution in [0, 0.1) is 5.92 Å². The lowest BCUT2D eigenvalue weighted by Gasteiger charge is -2.25. The minimum Gasteiger partial charge on any atom is -0.481 e. The molecule has 0 aromatic rings. The van der Waals surface area contributed by atoms with Gasteiger partial charge in [-0.15, -0.1) is 0 Å². The monoisotopic (exact) mass is 475 g/mol. The Hall–Kier alpha value is -3.75. The topological polar surface area (TPSA) is 268 Å². The first-order valence-electron chi connectivity index (χ1n) is 9.80.